The topological polar surface area (TPSA) is 12.0 Å². The number of nitrogens with one attached hydrogen (secondary N) is 1. The fourth-order valence-electron chi connectivity index (χ4n) is 2.81. The number of hydrogen-bond acceptors (Lipinski definition) is 1. The predicted octanol–water partition coefficient (Wildman–Crippen LogP) is 6.29. The van der Waals surface area contributed by atoms with E-state index in [1.165, 1.54) is 36.9 Å². The fourth-order valence-corrected chi connectivity index (χ4v) is 2.81. The molecule has 0 bridgehead atoms. The van der Waals surface area contributed by atoms with E-state index >= 15 is 0 Å². The summed E-state index contributed by atoms with van der Waals surface area (Å²) >= 11 is 0. The molecular formula is C20H27N. The molecule has 0 saturated carbocycles. The normalized spacial score (nSPS) is 11.4. The quantitative estimate of drug-likeness (QED) is 0.588. The Morgan fingerprint density at radius 3 is 2.24 bits per heavy atom. The van der Waals surface area contributed by atoms with Gasteiger partial charge in [-0.2, -0.15) is 0 Å². The van der Waals surface area contributed by atoms with Gasteiger partial charge in [0.05, 0.1) is 0 Å². The average molecular weight is 281 g/mol. The van der Waals surface area contributed by atoms with Gasteiger partial charge in [-0.1, -0.05) is 76.4 Å². The molecule has 0 amide bonds. The lowest BCUT2D eigenvalue weighted by Crippen LogP contribution is -2.18. The minimum atomic E-state index is 0.202. The molecule has 0 fully saturated rings. The van der Waals surface area contributed by atoms with Crippen LogP contribution in [0.3, 0.4) is 0 Å². The van der Waals surface area contributed by atoms with Crippen molar-refractivity contribution in [3.05, 3.63) is 60.2 Å². The molecule has 112 valence electrons. The van der Waals surface area contributed by atoms with Gasteiger partial charge < -0.3 is 5.32 Å². The Balaban J connectivity index is 2.20. The van der Waals surface area contributed by atoms with E-state index in [-0.39, 0.29) is 5.41 Å². The van der Waals surface area contributed by atoms with Crippen molar-refractivity contribution in [2.45, 2.75) is 51.9 Å². The van der Waals surface area contributed by atoms with Crippen LogP contribution in [0.1, 0.15) is 52.0 Å². The average Bonchev–Trinajstić information content (AvgIpc) is 2.49. The first-order chi connectivity index (χ1) is 10.1. The van der Waals surface area contributed by atoms with E-state index in [2.05, 4.69) is 74.6 Å². The second-order valence-corrected chi connectivity index (χ2v) is 6.38. The van der Waals surface area contributed by atoms with Crippen LogP contribution in [0.25, 0.3) is 0 Å². The second-order valence-electron chi connectivity index (χ2n) is 6.38. The molecule has 0 spiro atoms. The van der Waals surface area contributed by atoms with E-state index in [9.17, 15) is 0 Å². The van der Waals surface area contributed by atoms with Crippen LogP contribution in [0.15, 0.2) is 54.6 Å². The summed E-state index contributed by atoms with van der Waals surface area (Å²) in [5, 5.41) is 3.57. The van der Waals surface area contributed by atoms with Crippen molar-refractivity contribution < 1.29 is 0 Å². The van der Waals surface area contributed by atoms with E-state index in [0.29, 0.717) is 0 Å². The van der Waals surface area contributed by atoms with Crippen LogP contribution in [-0.2, 0) is 5.41 Å². The molecule has 0 aliphatic rings. The van der Waals surface area contributed by atoms with E-state index in [1.807, 2.05) is 6.07 Å². The summed E-state index contributed by atoms with van der Waals surface area (Å²) in [5.74, 6) is 0. The molecule has 0 aliphatic carbocycles. The molecule has 2 aromatic carbocycles. The third kappa shape index (κ3) is 4.35. The summed E-state index contributed by atoms with van der Waals surface area (Å²) in [5.41, 5.74) is 3.98. The van der Waals surface area contributed by atoms with Crippen LogP contribution in [0, 0.1) is 0 Å². The van der Waals surface area contributed by atoms with Gasteiger partial charge in [-0.05, 0) is 35.6 Å². The molecule has 2 rings (SSSR count). The predicted molar refractivity (Wildman–Crippen MR) is 93.3 cm³/mol. The zero-order valence-corrected chi connectivity index (χ0v) is 13.5. The number of hydrogen-bond donors (Lipinski definition) is 1. The third-order valence-electron chi connectivity index (χ3n) is 4.11. The lowest BCUT2D eigenvalue weighted by atomic mass is 9.79. The molecule has 21 heavy (non-hydrogen) atoms. The fraction of sp³-hybridized carbons (Fsp3) is 0.400. The van der Waals surface area contributed by atoms with E-state index in [0.717, 1.165) is 5.69 Å². The van der Waals surface area contributed by atoms with Gasteiger partial charge in [0, 0.05) is 11.4 Å². The molecule has 2 aromatic rings. The molecule has 1 N–H and O–H groups in total. The minimum absolute atomic E-state index is 0.202. The third-order valence-corrected chi connectivity index (χ3v) is 4.11. The van der Waals surface area contributed by atoms with Crippen molar-refractivity contribution in [1.29, 1.82) is 0 Å². The Hall–Kier alpha value is -1.76. The Labute approximate surface area is 129 Å². The highest BCUT2D eigenvalue weighted by molar-refractivity contribution is 5.64. The first kappa shape index (κ1) is 15.6. The molecule has 1 heteroatoms. The summed E-state index contributed by atoms with van der Waals surface area (Å²) in [6.07, 6.45) is 5.12. The Kier molecular flexibility index (Phi) is 5.44. The maximum Gasteiger partial charge on any atom is 0.0422 e. The highest BCUT2D eigenvalue weighted by Crippen LogP contribution is 2.35. The smallest absolute Gasteiger partial charge is 0.0422 e. The van der Waals surface area contributed by atoms with Crippen LogP contribution in [0.5, 0.6) is 0 Å². The number of para-hydroxylation sites is 2. The SMILES string of the molecule is CCCCCC(C)(C)c1ccccc1Nc1ccccc1. The summed E-state index contributed by atoms with van der Waals surface area (Å²) in [4.78, 5) is 0. The monoisotopic (exact) mass is 281 g/mol. The van der Waals surface area contributed by atoms with E-state index in [4.69, 9.17) is 0 Å². The Bertz CT molecular complexity index is 543. The molecule has 0 heterocycles. The van der Waals surface area contributed by atoms with Crippen molar-refractivity contribution >= 4 is 11.4 Å². The number of benzene rings is 2. The van der Waals surface area contributed by atoms with Gasteiger partial charge in [-0.25, -0.2) is 0 Å². The van der Waals surface area contributed by atoms with E-state index < -0.39 is 0 Å². The van der Waals surface area contributed by atoms with Gasteiger partial charge in [-0.15, -0.1) is 0 Å². The molecule has 0 unspecified atom stereocenters. The maximum absolute atomic E-state index is 3.57. The van der Waals surface area contributed by atoms with Crippen LogP contribution in [0.2, 0.25) is 0 Å². The van der Waals surface area contributed by atoms with Crippen molar-refractivity contribution in [3.8, 4) is 0 Å². The van der Waals surface area contributed by atoms with Crippen LogP contribution >= 0.6 is 0 Å². The van der Waals surface area contributed by atoms with Crippen molar-refractivity contribution in [1.82, 2.24) is 0 Å². The number of anilines is 2. The minimum Gasteiger partial charge on any atom is -0.355 e. The van der Waals surface area contributed by atoms with Crippen molar-refractivity contribution in [3.63, 3.8) is 0 Å². The van der Waals surface area contributed by atoms with Crippen molar-refractivity contribution in [2.75, 3.05) is 5.32 Å². The standard InChI is InChI=1S/C20H27N/c1-4-5-11-16-20(2,3)18-14-9-10-15-19(18)21-17-12-7-6-8-13-17/h6-10,12-15,21H,4-5,11,16H2,1-3H3. The molecule has 0 aliphatic heterocycles. The maximum atomic E-state index is 3.57. The van der Waals surface area contributed by atoms with Crippen LogP contribution < -0.4 is 5.32 Å². The Morgan fingerprint density at radius 2 is 1.52 bits per heavy atom. The highest BCUT2D eigenvalue weighted by atomic mass is 14.9. The summed E-state index contributed by atoms with van der Waals surface area (Å²) < 4.78 is 0. The largest absolute Gasteiger partial charge is 0.355 e. The van der Waals surface area contributed by atoms with Gasteiger partial charge >= 0.3 is 0 Å². The molecule has 0 aromatic heterocycles. The Morgan fingerprint density at radius 1 is 0.857 bits per heavy atom. The zero-order chi connectivity index (χ0) is 15.1. The zero-order valence-electron chi connectivity index (χ0n) is 13.5. The van der Waals surface area contributed by atoms with Gasteiger partial charge in [-0.3, -0.25) is 0 Å². The van der Waals surface area contributed by atoms with Crippen molar-refractivity contribution in [2.24, 2.45) is 0 Å². The summed E-state index contributed by atoms with van der Waals surface area (Å²) in [6, 6.07) is 19.1. The second kappa shape index (κ2) is 7.31. The van der Waals surface area contributed by atoms with Gasteiger partial charge in [0.25, 0.3) is 0 Å². The van der Waals surface area contributed by atoms with Gasteiger partial charge in [0.1, 0.15) is 0 Å². The molecule has 0 radical (unpaired) electrons. The van der Waals surface area contributed by atoms with Gasteiger partial charge in [0.2, 0.25) is 0 Å². The molecule has 0 saturated heterocycles. The van der Waals surface area contributed by atoms with Crippen LogP contribution in [0.4, 0.5) is 11.4 Å². The van der Waals surface area contributed by atoms with Gasteiger partial charge in [0.15, 0.2) is 0 Å². The van der Waals surface area contributed by atoms with E-state index in [1.54, 1.807) is 0 Å². The molecule has 1 nitrogen and oxygen atoms in total. The lowest BCUT2D eigenvalue weighted by molar-refractivity contribution is 0.451. The van der Waals surface area contributed by atoms with Crippen LogP contribution in [-0.4, -0.2) is 0 Å². The molecule has 0 atom stereocenters. The number of rotatable bonds is 7. The molecular weight excluding hydrogens is 254 g/mol. The summed E-state index contributed by atoms with van der Waals surface area (Å²) in [7, 11) is 0. The summed E-state index contributed by atoms with van der Waals surface area (Å²) in [6.45, 7) is 6.97. The highest BCUT2D eigenvalue weighted by Gasteiger charge is 2.22. The number of unbranched alkanes of at least 4 members (excludes halogenated alkanes) is 2. The lowest BCUT2D eigenvalue weighted by Gasteiger charge is -2.28. The first-order valence-corrected chi connectivity index (χ1v) is 8.05. The first-order valence-electron chi connectivity index (χ1n) is 8.05.